The number of thioether (sulfide) groups is 1. The smallest absolute Gasteiger partial charge is 0.255 e. The van der Waals surface area contributed by atoms with E-state index in [0.717, 1.165) is 36.6 Å². The van der Waals surface area contributed by atoms with Crippen LogP contribution >= 0.6 is 11.8 Å². The Labute approximate surface area is 159 Å². The molecule has 1 N–H and O–H groups in total. The minimum atomic E-state index is -0.0947. The average Bonchev–Trinajstić information content (AvgIpc) is 2.66. The topological polar surface area (TPSA) is 41.6 Å². The van der Waals surface area contributed by atoms with E-state index < -0.39 is 0 Å². The summed E-state index contributed by atoms with van der Waals surface area (Å²) in [6.07, 6.45) is 0. The minimum absolute atomic E-state index is 0.0947. The first-order valence-corrected chi connectivity index (χ1v) is 10.3. The zero-order chi connectivity index (χ0) is 18.4. The highest BCUT2D eigenvalue weighted by Gasteiger charge is 2.14. The fraction of sp³-hybridized carbons (Fsp3) is 0.381. The molecule has 0 aromatic heterocycles. The van der Waals surface area contributed by atoms with Gasteiger partial charge in [0.05, 0.1) is 6.61 Å². The van der Waals surface area contributed by atoms with E-state index in [1.807, 2.05) is 43.0 Å². The van der Waals surface area contributed by atoms with Crippen LogP contribution < -0.4 is 10.1 Å². The van der Waals surface area contributed by atoms with E-state index in [9.17, 15) is 4.79 Å². The van der Waals surface area contributed by atoms with Crippen molar-refractivity contribution in [1.29, 1.82) is 0 Å². The first-order chi connectivity index (χ1) is 12.7. The second-order valence-electron chi connectivity index (χ2n) is 6.39. The lowest BCUT2D eigenvalue weighted by molar-refractivity contribution is 0.102. The highest BCUT2D eigenvalue weighted by molar-refractivity contribution is 7.99. The molecule has 5 heteroatoms. The first kappa shape index (κ1) is 18.8. The predicted octanol–water partition coefficient (Wildman–Crippen LogP) is 4.19. The fourth-order valence-corrected chi connectivity index (χ4v) is 4.03. The maximum Gasteiger partial charge on any atom is 0.255 e. The molecule has 0 spiro atoms. The summed E-state index contributed by atoms with van der Waals surface area (Å²) in [6.45, 7) is 7.85. The van der Waals surface area contributed by atoms with Gasteiger partial charge in [-0.15, -0.1) is 0 Å². The molecule has 1 heterocycles. The van der Waals surface area contributed by atoms with Crippen molar-refractivity contribution in [1.82, 2.24) is 4.90 Å². The molecule has 26 heavy (non-hydrogen) atoms. The Bertz CT molecular complexity index is 740. The van der Waals surface area contributed by atoms with E-state index in [2.05, 4.69) is 23.2 Å². The molecule has 1 amide bonds. The second-order valence-corrected chi connectivity index (χ2v) is 7.61. The summed E-state index contributed by atoms with van der Waals surface area (Å²) in [6, 6.07) is 13.4. The summed E-state index contributed by atoms with van der Waals surface area (Å²) >= 11 is 2.02. The van der Waals surface area contributed by atoms with Crippen LogP contribution in [-0.4, -0.2) is 42.0 Å². The number of ether oxygens (including phenoxy) is 1. The predicted molar refractivity (Wildman–Crippen MR) is 109 cm³/mol. The molecule has 1 aliphatic heterocycles. The zero-order valence-corrected chi connectivity index (χ0v) is 16.3. The van der Waals surface area contributed by atoms with Crippen LogP contribution in [0.15, 0.2) is 42.5 Å². The highest BCUT2D eigenvalue weighted by Crippen LogP contribution is 2.23. The minimum Gasteiger partial charge on any atom is -0.494 e. The lowest BCUT2D eigenvalue weighted by Crippen LogP contribution is -2.32. The van der Waals surface area contributed by atoms with Gasteiger partial charge in [0, 0.05) is 42.4 Å². The molecule has 2 aromatic rings. The van der Waals surface area contributed by atoms with Crippen LogP contribution in [0.1, 0.15) is 28.4 Å². The van der Waals surface area contributed by atoms with E-state index >= 15 is 0 Å². The SMILES string of the molecule is CCOc1ccc(C(=O)Nc2cccc(CN3CCSCC3)c2C)cc1. The maximum absolute atomic E-state index is 12.6. The summed E-state index contributed by atoms with van der Waals surface area (Å²) in [5.74, 6) is 3.09. The van der Waals surface area contributed by atoms with Crippen molar-refractivity contribution in [3.05, 3.63) is 59.2 Å². The largest absolute Gasteiger partial charge is 0.494 e. The number of rotatable bonds is 6. The number of amides is 1. The van der Waals surface area contributed by atoms with E-state index in [4.69, 9.17) is 4.74 Å². The molecule has 0 bridgehead atoms. The van der Waals surface area contributed by atoms with Gasteiger partial charge in [-0.1, -0.05) is 12.1 Å². The molecule has 3 rings (SSSR count). The third kappa shape index (κ3) is 4.80. The monoisotopic (exact) mass is 370 g/mol. The lowest BCUT2D eigenvalue weighted by atomic mass is 10.1. The summed E-state index contributed by atoms with van der Waals surface area (Å²) in [5.41, 5.74) is 3.94. The van der Waals surface area contributed by atoms with Crippen LogP contribution in [0.4, 0.5) is 5.69 Å². The molecule has 0 radical (unpaired) electrons. The summed E-state index contributed by atoms with van der Waals surface area (Å²) < 4.78 is 5.43. The summed E-state index contributed by atoms with van der Waals surface area (Å²) in [5, 5.41) is 3.05. The van der Waals surface area contributed by atoms with Crippen LogP contribution in [0.2, 0.25) is 0 Å². The number of carbonyl (C=O) groups excluding carboxylic acids is 1. The van der Waals surface area contributed by atoms with Gasteiger partial charge in [-0.3, -0.25) is 9.69 Å². The maximum atomic E-state index is 12.6. The molecular weight excluding hydrogens is 344 g/mol. The number of nitrogens with one attached hydrogen (secondary N) is 1. The lowest BCUT2D eigenvalue weighted by Gasteiger charge is -2.27. The van der Waals surface area contributed by atoms with Gasteiger partial charge < -0.3 is 10.1 Å². The van der Waals surface area contributed by atoms with Crippen molar-refractivity contribution in [2.24, 2.45) is 0 Å². The highest BCUT2D eigenvalue weighted by atomic mass is 32.2. The van der Waals surface area contributed by atoms with Gasteiger partial charge in [0.25, 0.3) is 5.91 Å². The Morgan fingerprint density at radius 3 is 2.58 bits per heavy atom. The Morgan fingerprint density at radius 1 is 1.15 bits per heavy atom. The number of hydrogen-bond acceptors (Lipinski definition) is 4. The number of hydrogen-bond donors (Lipinski definition) is 1. The Hall–Kier alpha value is -1.98. The molecule has 4 nitrogen and oxygen atoms in total. The molecule has 1 aliphatic rings. The van der Waals surface area contributed by atoms with Gasteiger partial charge in [0.1, 0.15) is 5.75 Å². The molecule has 2 aromatic carbocycles. The van der Waals surface area contributed by atoms with Gasteiger partial charge in [-0.25, -0.2) is 0 Å². The number of benzene rings is 2. The van der Waals surface area contributed by atoms with Crippen molar-refractivity contribution in [2.75, 3.05) is 36.5 Å². The van der Waals surface area contributed by atoms with E-state index in [-0.39, 0.29) is 5.91 Å². The van der Waals surface area contributed by atoms with Crippen LogP contribution in [0.25, 0.3) is 0 Å². The summed E-state index contributed by atoms with van der Waals surface area (Å²) in [4.78, 5) is 15.1. The van der Waals surface area contributed by atoms with E-state index in [1.165, 1.54) is 17.1 Å². The average molecular weight is 371 g/mol. The van der Waals surface area contributed by atoms with Crippen molar-refractivity contribution in [3.63, 3.8) is 0 Å². The summed E-state index contributed by atoms with van der Waals surface area (Å²) in [7, 11) is 0. The van der Waals surface area contributed by atoms with Gasteiger partial charge in [-0.2, -0.15) is 11.8 Å². The number of nitrogens with zero attached hydrogens (tertiary/aromatic N) is 1. The van der Waals surface area contributed by atoms with Crippen LogP contribution in [0, 0.1) is 6.92 Å². The standard InChI is InChI=1S/C21H26N2O2S/c1-3-25-19-9-7-17(8-10-19)21(24)22-20-6-4-5-18(16(20)2)15-23-11-13-26-14-12-23/h4-10H,3,11-15H2,1-2H3,(H,22,24). The quantitative estimate of drug-likeness (QED) is 0.828. The number of anilines is 1. The van der Waals surface area contributed by atoms with Crippen molar-refractivity contribution < 1.29 is 9.53 Å². The van der Waals surface area contributed by atoms with Gasteiger partial charge >= 0.3 is 0 Å². The van der Waals surface area contributed by atoms with E-state index in [0.29, 0.717) is 12.2 Å². The Kier molecular flexibility index (Phi) is 6.58. The molecule has 0 aliphatic carbocycles. The van der Waals surface area contributed by atoms with Gasteiger partial charge in [-0.05, 0) is 55.3 Å². The molecule has 1 fully saturated rings. The fourth-order valence-electron chi connectivity index (χ4n) is 3.05. The second kappa shape index (κ2) is 9.10. The van der Waals surface area contributed by atoms with Crippen LogP contribution in [0.3, 0.4) is 0 Å². The molecule has 0 atom stereocenters. The third-order valence-corrected chi connectivity index (χ3v) is 5.56. The van der Waals surface area contributed by atoms with E-state index in [1.54, 1.807) is 12.1 Å². The van der Waals surface area contributed by atoms with Gasteiger partial charge in [0.2, 0.25) is 0 Å². The Balaban J connectivity index is 1.68. The third-order valence-electron chi connectivity index (χ3n) is 4.62. The van der Waals surface area contributed by atoms with Crippen molar-refractivity contribution in [3.8, 4) is 5.75 Å². The molecule has 0 unspecified atom stereocenters. The zero-order valence-electron chi connectivity index (χ0n) is 15.5. The molecule has 1 saturated heterocycles. The normalized spacial score (nSPS) is 14.8. The van der Waals surface area contributed by atoms with Crippen LogP contribution in [0.5, 0.6) is 5.75 Å². The van der Waals surface area contributed by atoms with Crippen molar-refractivity contribution in [2.45, 2.75) is 20.4 Å². The Morgan fingerprint density at radius 2 is 1.88 bits per heavy atom. The van der Waals surface area contributed by atoms with Crippen LogP contribution in [-0.2, 0) is 6.54 Å². The van der Waals surface area contributed by atoms with Crippen molar-refractivity contribution >= 4 is 23.4 Å². The molecule has 138 valence electrons. The number of carbonyl (C=O) groups is 1. The molecular formula is C21H26N2O2S. The van der Waals surface area contributed by atoms with Gasteiger partial charge in [0.15, 0.2) is 0 Å². The first-order valence-electron chi connectivity index (χ1n) is 9.10. The molecule has 0 saturated carbocycles.